The zero-order chi connectivity index (χ0) is 15.9. The highest BCUT2D eigenvalue weighted by molar-refractivity contribution is 8.26. The number of carbonyl (C=O) groups is 1. The number of benzene rings is 1. The zero-order valence-electron chi connectivity index (χ0n) is 11.8. The number of aliphatic imine (C=N–C) groups is 1. The molecule has 1 heterocycles. The normalized spacial score (nSPS) is 11.0. The predicted molar refractivity (Wildman–Crippen MR) is 87.6 cm³/mol. The van der Waals surface area contributed by atoms with E-state index in [0.717, 1.165) is 11.8 Å². The maximum atomic E-state index is 12.0. The van der Waals surface area contributed by atoms with Crippen LogP contribution >= 0.6 is 11.8 Å². The van der Waals surface area contributed by atoms with Crippen molar-refractivity contribution >= 4 is 27.9 Å². The second-order valence-corrected chi connectivity index (χ2v) is 5.18. The third kappa shape index (κ3) is 4.16. The van der Waals surface area contributed by atoms with Gasteiger partial charge in [0, 0.05) is 23.5 Å². The van der Waals surface area contributed by atoms with Gasteiger partial charge >= 0.3 is 0 Å². The van der Waals surface area contributed by atoms with Gasteiger partial charge in [-0.1, -0.05) is 6.07 Å². The average molecular weight is 314 g/mol. The lowest BCUT2D eigenvalue weighted by molar-refractivity contribution is 0.100. The van der Waals surface area contributed by atoms with Gasteiger partial charge < -0.3 is 10.5 Å². The van der Waals surface area contributed by atoms with Gasteiger partial charge in [0.1, 0.15) is 10.8 Å². The van der Waals surface area contributed by atoms with Crippen LogP contribution in [0.15, 0.2) is 53.8 Å². The first-order valence-electron chi connectivity index (χ1n) is 6.29. The summed E-state index contributed by atoms with van der Waals surface area (Å²) < 4.78 is 5.06. The van der Waals surface area contributed by atoms with E-state index in [2.05, 4.69) is 9.98 Å². The summed E-state index contributed by atoms with van der Waals surface area (Å²) in [6, 6.07) is 10.0. The van der Waals surface area contributed by atoms with E-state index in [4.69, 9.17) is 15.9 Å². The second-order valence-electron chi connectivity index (χ2n) is 4.15. The summed E-state index contributed by atoms with van der Waals surface area (Å²) in [7, 11) is 1.52. The number of rotatable bonds is 3. The van der Waals surface area contributed by atoms with Crippen molar-refractivity contribution in [3.63, 3.8) is 0 Å². The molecule has 1 aromatic carbocycles. The molecule has 0 unspecified atom stereocenters. The Morgan fingerprint density at radius 1 is 1.27 bits per heavy atom. The molecule has 3 N–H and O–H groups in total. The lowest BCUT2D eigenvalue weighted by Gasteiger charge is -2.03. The van der Waals surface area contributed by atoms with Crippen LogP contribution in [0.25, 0.3) is 0 Å². The molecule has 0 aliphatic carbocycles. The van der Waals surface area contributed by atoms with Crippen LogP contribution in [-0.2, 0) is 0 Å². The minimum Gasteiger partial charge on any atom is -0.497 e. The number of nitrogens with one attached hydrogen (secondary N) is 1. The molecule has 7 heteroatoms. The number of methoxy groups -OCH3 is 1. The first-order valence-corrected chi connectivity index (χ1v) is 7.11. The molecule has 0 aliphatic rings. The van der Waals surface area contributed by atoms with Gasteiger partial charge in [0.2, 0.25) is 0 Å². The van der Waals surface area contributed by atoms with Crippen LogP contribution in [0, 0.1) is 5.41 Å². The lowest BCUT2D eigenvalue weighted by atomic mass is 10.2. The Kier molecular flexibility index (Phi) is 5.26. The molecule has 0 fully saturated rings. The highest BCUT2D eigenvalue weighted by Gasteiger charge is 2.09. The van der Waals surface area contributed by atoms with Crippen molar-refractivity contribution in [1.29, 1.82) is 5.41 Å². The van der Waals surface area contributed by atoms with Crippen molar-refractivity contribution in [1.82, 2.24) is 4.98 Å². The van der Waals surface area contributed by atoms with Crippen molar-refractivity contribution in [3.8, 4) is 5.75 Å². The molecule has 0 bridgehead atoms. The SMILES string of the molecule is COc1cccc(C(=O)N=C(N)SC(=N)c2ccncc2)c1. The summed E-state index contributed by atoms with van der Waals surface area (Å²) >= 11 is 0.917. The van der Waals surface area contributed by atoms with Gasteiger partial charge in [0.05, 0.1) is 7.11 Å². The van der Waals surface area contributed by atoms with Gasteiger partial charge in [-0.25, -0.2) is 0 Å². The molecule has 1 aromatic heterocycles. The maximum Gasteiger partial charge on any atom is 0.279 e. The summed E-state index contributed by atoms with van der Waals surface area (Å²) in [4.78, 5) is 19.7. The van der Waals surface area contributed by atoms with E-state index < -0.39 is 5.91 Å². The number of nitrogens with two attached hydrogens (primary N) is 1. The highest BCUT2D eigenvalue weighted by atomic mass is 32.2. The Morgan fingerprint density at radius 2 is 2.00 bits per heavy atom. The molecule has 0 spiro atoms. The summed E-state index contributed by atoms with van der Waals surface area (Å²) in [6.45, 7) is 0. The maximum absolute atomic E-state index is 12.0. The van der Waals surface area contributed by atoms with Crippen LogP contribution in [0.1, 0.15) is 15.9 Å². The number of amidine groups is 1. The molecular weight excluding hydrogens is 300 g/mol. The first-order chi connectivity index (χ1) is 10.6. The molecule has 0 aliphatic heterocycles. The molecule has 2 aromatic rings. The van der Waals surface area contributed by atoms with E-state index in [-0.39, 0.29) is 10.2 Å². The fourth-order valence-corrected chi connectivity index (χ4v) is 2.20. The largest absolute Gasteiger partial charge is 0.497 e. The number of hydrogen-bond donors (Lipinski definition) is 2. The molecular formula is C15H14N4O2S. The van der Waals surface area contributed by atoms with Crippen LogP contribution in [0.2, 0.25) is 0 Å². The smallest absolute Gasteiger partial charge is 0.279 e. The Morgan fingerprint density at radius 3 is 2.68 bits per heavy atom. The number of ether oxygens (including phenoxy) is 1. The molecule has 6 nitrogen and oxygen atoms in total. The van der Waals surface area contributed by atoms with Crippen LogP contribution in [-0.4, -0.2) is 28.2 Å². The second kappa shape index (κ2) is 7.37. The van der Waals surface area contributed by atoms with Crippen LogP contribution in [0.3, 0.4) is 0 Å². The van der Waals surface area contributed by atoms with Crippen LogP contribution < -0.4 is 10.5 Å². The average Bonchev–Trinajstić information content (AvgIpc) is 2.55. The minimum absolute atomic E-state index is 0.00892. The Hall–Kier alpha value is -2.67. The Labute approximate surface area is 131 Å². The van der Waals surface area contributed by atoms with Gasteiger partial charge in [-0.3, -0.25) is 15.2 Å². The van der Waals surface area contributed by atoms with Gasteiger partial charge in [-0.2, -0.15) is 4.99 Å². The fourth-order valence-electron chi connectivity index (χ4n) is 1.61. The highest BCUT2D eigenvalue weighted by Crippen LogP contribution is 2.15. The summed E-state index contributed by atoms with van der Waals surface area (Å²) in [5.41, 5.74) is 6.76. The van der Waals surface area contributed by atoms with Gasteiger partial charge in [0.15, 0.2) is 5.17 Å². The minimum atomic E-state index is -0.480. The van der Waals surface area contributed by atoms with Crippen molar-refractivity contribution in [2.45, 2.75) is 0 Å². The van der Waals surface area contributed by atoms with Gasteiger partial charge in [-0.05, 0) is 42.1 Å². The monoisotopic (exact) mass is 314 g/mol. The number of pyridine rings is 1. The zero-order valence-corrected chi connectivity index (χ0v) is 12.6. The van der Waals surface area contributed by atoms with E-state index >= 15 is 0 Å². The number of amides is 1. The summed E-state index contributed by atoms with van der Waals surface area (Å²) in [5.74, 6) is 0.0863. The molecule has 2 rings (SSSR count). The topological polar surface area (TPSA) is 101 Å². The standard InChI is InChI=1S/C15H14N4O2S/c1-21-12-4-2-3-11(9-12)14(20)19-15(17)22-13(16)10-5-7-18-8-6-10/h2-9,16H,1H3,(H2,17,19,20). The van der Waals surface area contributed by atoms with Crippen molar-refractivity contribution < 1.29 is 9.53 Å². The molecule has 0 radical (unpaired) electrons. The first kappa shape index (κ1) is 15.7. The third-order valence-electron chi connectivity index (χ3n) is 2.68. The van der Waals surface area contributed by atoms with Crippen molar-refractivity contribution in [2.75, 3.05) is 7.11 Å². The van der Waals surface area contributed by atoms with Crippen LogP contribution in [0.5, 0.6) is 5.75 Å². The van der Waals surface area contributed by atoms with Gasteiger partial charge in [-0.15, -0.1) is 0 Å². The van der Waals surface area contributed by atoms with Crippen molar-refractivity contribution in [2.24, 2.45) is 10.7 Å². The number of carbonyl (C=O) groups excluding carboxylic acids is 1. The molecule has 1 amide bonds. The van der Waals surface area contributed by atoms with Gasteiger partial charge in [0.25, 0.3) is 5.91 Å². The van der Waals surface area contributed by atoms with E-state index in [1.54, 1.807) is 48.8 Å². The summed E-state index contributed by atoms with van der Waals surface area (Å²) in [6.07, 6.45) is 3.17. The number of hydrogen-bond acceptors (Lipinski definition) is 5. The fraction of sp³-hybridized carbons (Fsp3) is 0.0667. The number of thioether (sulfide) groups is 1. The molecule has 22 heavy (non-hydrogen) atoms. The lowest BCUT2D eigenvalue weighted by Crippen LogP contribution is -2.13. The predicted octanol–water partition coefficient (Wildman–Crippen LogP) is 2.30. The Balaban J connectivity index is 2.08. The van der Waals surface area contributed by atoms with Crippen molar-refractivity contribution in [3.05, 3.63) is 59.9 Å². The number of aromatic nitrogens is 1. The van der Waals surface area contributed by atoms with E-state index in [9.17, 15) is 4.79 Å². The molecule has 0 saturated carbocycles. The quantitative estimate of drug-likeness (QED) is 0.668. The van der Waals surface area contributed by atoms with Crippen LogP contribution in [0.4, 0.5) is 0 Å². The number of nitrogens with zero attached hydrogens (tertiary/aromatic N) is 2. The third-order valence-corrected chi connectivity index (χ3v) is 3.42. The van der Waals surface area contributed by atoms with E-state index in [0.29, 0.717) is 16.9 Å². The molecule has 0 atom stereocenters. The van der Waals surface area contributed by atoms with E-state index in [1.165, 1.54) is 7.11 Å². The molecule has 112 valence electrons. The summed E-state index contributed by atoms with van der Waals surface area (Å²) in [5, 5.41) is 8.12. The van der Waals surface area contributed by atoms with E-state index in [1.807, 2.05) is 0 Å². The molecule has 0 saturated heterocycles. The Bertz CT molecular complexity index is 716.